The van der Waals surface area contributed by atoms with E-state index in [2.05, 4.69) is 12.1 Å². The Hall–Kier alpha value is -1.02. The van der Waals surface area contributed by atoms with Crippen molar-refractivity contribution in [3.05, 3.63) is 29.3 Å². The van der Waals surface area contributed by atoms with Crippen LogP contribution in [0, 0.1) is 5.92 Å². The van der Waals surface area contributed by atoms with Crippen molar-refractivity contribution in [3.63, 3.8) is 0 Å². The lowest BCUT2D eigenvalue weighted by Crippen LogP contribution is -2.17. The van der Waals surface area contributed by atoms with E-state index >= 15 is 0 Å². The smallest absolute Gasteiger partial charge is 0.0316 e. The highest BCUT2D eigenvalue weighted by Crippen LogP contribution is 2.24. The van der Waals surface area contributed by atoms with E-state index in [1.165, 1.54) is 36.8 Å². The summed E-state index contributed by atoms with van der Waals surface area (Å²) in [4.78, 5) is 0. The summed E-state index contributed by atoms with van der Waals surface area (Å²) in [5.41, 5.74) is 15.4. The monoisotopic (exact) mass is 204 g/mol. The molecule has 1 aromatic rings. The van der Waals surface area contributed by atoms with Crippen molar-refractivity contribution >= 4 is 5.69 Å². The third-order valence-corrected chi connectivity index (χ3v) is 3.44. The van der Waals surface area contributed by atoms with Crippen molar-refractivity contribution in [2.45, 2.75) is 32.1 Å². The van der Waals surface area contributed by atoms with Crippen LogP contribution >= 0.6 is 0 Å². The summed E-state index contributed by atoms with van der Waals surface area (Å²) in [7, 11) is 0. The maximum Gasteiger partial charge on any atom is 0.0316 e. The second-order valence-corrected chi connectivity index (χ2v) is 4.56. The zero-order valence-corrected chi connectivity index (χ0v) is 9.21. The Balaban J connectivity index is 2.18. The van der Waals surface area contributed by atoms with E-state index < -0.39 is 0 Å². The van der Waals surface area contributed by atoms with Crippen LogP contribution in [0.15, 0.2) is 18.2 Å². The standard InChI is InChI=1S/C13H20N2/c14-9-10-2-1-3-11-6-7-13(15)8-12(11)5-4-10/h6-8,10H,1-5,9,14-15H2. The fraction of sp³-hybridized carbons (Fsp3) is 0.538. The Morgan fingerprint density at radius 2 is 2.00 bits per heavy atom. The molecule has 2 heteroatoms. The average Bonchev–Trinajstić information content (AvgIpc) is 2.21. The molecule has 0 aromatic heterocycles. The molecule has 2 nitrogen and oxygen atoms in total. The average molecular weight is 204 g/mol. The number of nitrogen functional groups attached to an aromatic ring is 1. The van der Waals surface area contributed by atoms with Crippen LogP contribution < -0.4 is 11.5 Å². The van der Waals surface area contributed by atoms with Crippen LogP contribution in [-0.2, 0) is 12.8 Å². The van der Waals surface area contributed by atoms with Gasteiger partial charge in [0, 0.05) is 5.69 Å². The first-order valence-corrected chi connectivity index (χ1v) is 5.87. The zero-order valence-electron chi connectivity index (χ0n) is 9.21. The van der Waals surface area contributed by atoms with Gasteiger partial charge in [0.25, 0.3) is 0 Å². The lowest BCUT2D eigenvalue weighted by molar-refractivity contribution is 0.436. The van der Waals surface area contributed by atoms with Gasteiger partial charge in [-0.3, -0.25) is 0 Å². The number of hydrogen-bond donors (Lipinski definition) is 2. The molecular weight excluding hydrogens is 184 g/mol. The summed E-state index contributed by atoms with van der Waals surface area (Å²) in [6, 6.07) is 6.34. The Morgan fingerprint density at radius 1 is 1.13 bits per heavy atom. The fourth-order valence-corrected chi connectivity index (χ4v) is 2.44. The van der Waals surface area contributed by atoms with E-state index in [4.69, 9.17) is 11.5 Å². The highest BCUT2D eigenvalue weighted by Gasteiger charge is 2.13. The maximum absolute atomic E-state index is 5.81. The predicted molar refractivity (Wildman–Crippen MR) is 64.7 cm³/mol. The number of anilines is 1. The van der Waals surface area contributed by atoms with Gasteiger partial charge in [-0.05, 0) is 67.8 Å². The quantitative estimate of drug-likeness (QED) is 0.688. The topological polar surface area (TPSA) is 52.0 Å². The largest absolute Gasteiger partial charge is 0.399 e. The van der Waals surface area contributed by atoms with Gasteiger partial charge in [0.05, 0.1) is 0 Å². The molecule has 0 radical (unpaired) electrons. The summed E-state index contributed by atoms with van der Waals surface area (Å²) < 4.78 is 0. The highest BCUT2D eigenvalue weighted by molar-refractivity contribution is 5.45. The van der Waals surface area contributed by atoms with Crippen LogP contribution in [0.2, 0.25) is 0 Å². The second-order valence-electron chi connectivity index (χ2n) is 4.56. The van der Waals surface area contributed by atoms with Crippen molar-refractivity contribution < 1.29 is 0 Å². The summed E-state index contributed by atoms with van der Waals surface area (Å²) in [5.74, 6) is 0.708. The first-order chi connectivity index (χ1) is 7.29. The Labute approximate surface area is 91.7 Å². The van der Waals surface area contributed by atoms with Crippen LogP contribution in [0.4, 0.5) is 5.69 Å². The van der Waals surface area contributed by atoms with Gasteiger partial charge < -0.3 is 11.5 Å². The van der Waals surface area contributed by atoms with E-state index in [-0.39, 0.29) is 0 Å². The van der Waals surface area contributed by atoms with Crippen LogP contribution in [0.5, 0.6) is 0 Å². The normalized spacial score (nSPS) is 21.5. The summed E-state index contributed by atoms with van der Waals surface area (Å²) in [5, 5.41) is 0. The number of aryl methyl sites for hydroxylation is 2. The molecule has 0 saturated heterocycles. The van der Waals surface area contributed by atoms with E-state index in [0.29, 0.717) is 5.92 Å². The SMILES string of the molecule is NCC1CCCc2ccc(N)cc2CC1. The molecule has 15 heavy (non-hydrogen) atoms. The van der Waals surface area contributed by atoms with E-state index in [1.54, 1.807) is 0 Å². The molecule has 4 N–H and O–H groups in total. The first-order valence-electron chi connectivity index (χ1n) is 5.87. The minimum atomic E-state index is 0.708. The molecule has 0 heterocycles. The molecule has 2 rings (SSSR count). The lowest BCUT2D eigenvalue weighted by Gasteiger charge is -2.20. The molecule has 82 valence electrons. The van der Waals surface area contributed by atoms with Gasteiger partial charge >= 0.3 is 0 Å². The Bertz CT molecular complexity index is 333. The summed E-state index contributed by atoms with van der Waals surface area (Å²) in [6.07, 6.45) is 6.08. The number of rotatable bonds is 1. The van der Waals surface area contributed by atoms with Crippen molar-refractivity contribution in [2.75, 3.05) is 12.3 Å². The molecule has 1 aromatic carbocycles. The molecule has 0 amide bonds. The van der Waals surface area contributed by atoms with Crippen molar-refractivity contribution in [3.8, 4) is 0 Å². The first kappa shape index (κ1) is 10.5. The van der Waals surface area contributed by atoms with Crippen LogP contribution in [0.1, 0.15) is 30.4 Å². The van der Waals surface area contributed by atoms with Crippen LogP contribution in [0.3, 0.4) is 0 Å². The van der Waals surface area contributed by atoms with Gasteiger partial charge in [0.2, 0.25) is 0 Å². The molecule has 0 fully saturated rings. The molecule has 1 aliphatic rings. The molecule has 0 spiro atoms. The molecule has 0 aliphatic heterocycles. The van der Waals surface area contributed by atoms with Crippen molar-refractivity contribution in [1.82, 2.24) is 0 Å². The fourth-order valence-electron chi connectivity index (χ4n) is 2.44. The summed E-state index contributed by atoms with van der Waals surface area (Å²) >= 11 is 0. The van der Waals surface area contributed by atoms with E-state index in [1.807, 2.05) is 6.07 Å². The van der Waals surface area contributed by atoms with Gasteiger partial charge in [0.1, 0.15) is 0 Å². The molecular formula is C13H20N2. The molecule has 0 saturated carbocycles. The number of hydrogen-bond acceptors (Lipinski definition) is 2. The predicted octanol–water partition coefficient (Wildman–Crippen LogP) is 2.11. The van der Waals surface area contributed by atoms with Crippen LogP contribution in [-0.4, -0.2) is 6.54 Å². The highest BCUT2D eigenvalue weighted by atomic mass is 14.6. The van der Waals surface area contributed by atoms with Gasteiger partial charge in [-0.25, -0.2) is 0 Å². The molecule has 1 aliphatic carbocycles. The minimum Gasteiger partial charge on any atom is -0.399 e. The van der Waals surface area contributed by atoms with Crippen molar-refractivity contribution in [2.24, 2.45) is 11.7 Å². The van der Waals surface area contributed by atoms with Gasteiger partial charge in [0.15, 0.2) is 0 Å². The van der Waals surface area contributed by atoms with Gasteiger partial charge in [-0.2, -0.15) is 0 Å². The number of fused-ring (bicyclic) bond motifs is 1. The van der Waals surface area contributed by atoms with Gasteiger partial charge in [-0.15, -0.1) is 0 Å². The van der Waals surface area contributed by atoms with E-state index in [0.717, 1.165) is 18.7 Å². The Kier molecular flexibility index (Phi) is 3.27. The third-order valence-electron chi connectivity index (χ3n) is 3.44. The molecule has 0 bridgehead atoms. The second kappa shape index (κ2) is 4.67. The minimum absolute atomic E-state index is 0.708. The number of nitrogens with two attached hydrogens (primary N) is 2. The van der Waals surface area contributed by atoms with Gasteiger partial charge in [-0.1, -0.05) is 6.07 Å². The lowest BCUT2D eigenvalue weighted by atomic mass is 9.87. The zero-order chi connectivity index (χ0) is 10.7. The molecule has 1 atom stereocenters. The van der Waals surface area contributed by atoms with E-state index in [9.17, 15) is 0 Å². The third kappa shape index (κ3) is 2.51. The molecule has 1 unspecified atom stereocenters. The van der Waals surface area contributed by atoms with Crippen molar-refractivity contribution in [1.29, 1.82) is 0 Å². The maximum atomic E-state index is 5.81. The number of benzene rings is 1. The van der Waals surface area contributed by atoms with Crippen LogP contribution in [0.25, 0.3) is 0 Å². The Morgan fingerprint density at radius 3 is 2.80 bits per heavy atom. The summed E-state index contributed by atoms with van der Waals surface area (Å²) in [6.45, 7) is 0.831.